The molecule has 2 aromatic carbocycles. The van der Waals surface area contributed by atoms with Crippen molar-refractivity contribution in [3.05, 3.63) is 65.2 Å². The molecule has 0 saturated heterocycles. The lowest BCUT2D eigenvalue weighted by molar-refractivity contribution is -0.141. The second-order valence-electron chi connectivity index (χ2n) is 8.51. The highest BCUT2D eigenvalue weighted by Gasteiger charge is 2.36. The first-order valence-corrected chi connectivity index (χ1v) is 10.5. The largest absolute Gasteiger partial charge is 0.487 e. The van der Waals surface area contributed by atoms with Crippen molar-refractivity contribution in [2.45, 2.75) is 76.7 Å². The third kappa shape index (κ3) is 4.40. The summed E-state index contributed by atoms with van der Waals surface area (Å²) in [4.78, 5) is 11.2. The van der Waals surface area contributed by atoms with E-state index in [9.17, 15) is 9.90 Å². The van der Waals surface area contributed by atoms with Crippen molar-refractivity contribution in [1.82, 2.24) is 0 Å². The van der Waals surface area contributed by atoms with E-state index in [1.807, 2.05) is 26.0 Å². The van der Waals surface area contributed by atoms with Crippen molar-refractivity contribution in [2.75, 3.05) is 0 Å². The number of aliphatic carboxylic acids is 1. The predicted octanol–water partition coefficient (Wildman–Crippen LogP) is 6.27. The Kier molecular flexibility index (Phi) is 6.12. The molecule has 0 bridgehead atoms. The van der Waals surface area contributed by atoms with Crippen LogP contribution >= 0.6 is 0 Å². The van der Waals surface area contributed by atoms with Crippen molar-refractivity contribution >= 4 is 5.97 Å². The van der Waals surface area contributed by atoms with Gasteiger partial charge in [-0.15, -0.1) is 0 Å². The fraction of sp³-hybridized carbons (Fsp3) is 0.480. The summed E-state index contributed by atoms with van der Waals surface area (Å²) in [6.45, 7) is 5.96. The van der Waals surface area contributed by atoms with Gasteiger partial charge in [-0.05, 0) is 56.4 Å². The Bertz CT molecular complexity index is 786. The van der Waals surface area contributed by atoms with E-state index in [1.165, 1.54) is 48.8 Å². The summed E-state index contributed by atoms with van der Waals surface area (Å²) in [5.74, 6) is -0.0919. The Hall–Kier alpha value is -2.29. The van der Waals surface area contributed by atoms with E-state index in [-0.39, 0.29) is 11.8 Å². The number of benzene rings is 2. The van der Waals surface area contributed by atoms with Crippen LogP contribution < -0.4 is 4.74 Å². The Morgan fingerprint density at radius 3 is 2.04 bits per heavy atom. The van der Waals surface area contributed by atoms with E-state index < -0.39 is 11.6 Å². The molecule has 0 spiro atoms. The molecule has 3 rings (SSSR count). The maximum Gasteiger partial charge on any atom is 0.307 e. The van der Waals surface area contributed by atoms with Gasteiger partial charge in [0.2, 0.25) is 0 Å². The number of hydrogen-bond donors (Lipinski definition) is 1. The summed E-state index contributed by atoms with van der Waals surface area (Å²) < 4.78 is 6.08. The normalized spacial score (nSPS) is 18.2. The molecule has 1 N–H and O–H groups in total. The molecule has 1 aliphatic carbocycles. The van der Waals surface area contributed by atoms with Crippen molar-refractivity contribution in [3.63, 3.8) is 0 Å². The van der Waals surface area contributed by atoms with E-state index >= 15 is 0 Å². The third-order valence-electron chi connectivity index (χ3n) is 6.36. The number of aryl methyl sites for hydroxylation is 1. The van der Waals surface area contributed by atoms with Gasteiger partial charge in [0.25, 0.3) is 0 Å². The number of carboxylic acid groups (broad SMARTS) is 1. The number of hydrogen-bond acceptors (Lipinski definition) is 2. The molecule has 1 fully saturated rings. The van der Waals surface area contributed by atoms with Gasteiger partial charge in [0.1, 0.15) is 11.4 Å². The van der Waals surface area contributed by atoms with E-state index in [4.69, 9.17) is 4.74 Å². The number of carboxylic acids is 1. The lowest BCUT2D eigenvalue weighted by Gasteiger charge is -2.39. The van der Waals surface area contributed by atoms with Crippen LogP contribution in [0.25, 0.3) is 0 Å². The predicted molar refractivity (Wildman–Crippen MR) is 113 cm³/mol. The highest BCUT2D eigenvalue weighted by atomic mass is 16.5. The average molecular weight is 381 g/mol. The summed E-state index contributed by atoms with van der Waals surface area (Å²) >= 11 is 0. The van der Waals surface area contributed by atoms with Crippen molar-refractivity contribution < 1.29 is 14.6 Å². The Morgan fingerprint density at radius 1 is 1.00 bits per heavy atom. The van der Waals surface area contributed by atoms with E-state index in [1.54, 1.807) is 0 Å². The molecule has 1 atom stereocenters. The van der Waals surface area contributed by atoms with E-state index in [0.717, 1.165) is 5.75 Å². The zero-order valence-electron chi connectivity index (χ0n) is 17.3. The van der Waals surface area contributed by atoms with Crippen LogP contribution in [0.1, 0.15) is 75.5 Å². The van der Waals surface area contributed by atoms with Gasteiger partial charge in [0.15, 0.2) is 0 Å². The zero-order chi connectivity index (χ0) is 20.2. The SMILES string of the molecule is CCC(C)(CC(=O)O)Oc1ccc(C2(c3ccc(C)cc3)CCCCC2)cc1. The summed E-state index contributed by atoms with van der Waals surface area (Å²) in [5.41, 5.74) is 3.40. The molecule has 0 heterocycles. The van der Waals surface area contributed by atoms with Crippen LogP contribution in [0.3, 0.4) is 0 Å². The van der Waals surface area contributed by atoms with Crippen LogP contribution in [0.5, 0.6) is 5.75 Å². The molecule has 1 unspecified atom stereocenters. The topological polar surface area (TPSA) is 46.5 Å². The molecule has 0 aliphatic heterocycles. The molecule has 2 aromatic rings. The summed E-state index contributed by atoms with van der Waals surface area (Å²) in [6, 6.07) is 17.4. The molecule has 1 aliphatic rings. The number of carbonyl (C=O) groups is 1. The van der Waals surface area contributed by atoms with Crippen LogP contribution in [0, 0.1) is 6.92 Å². The van der Waals surface area contributed by atoms with Crippen molar-refractivity contribution in [3.8, 4) is 5.75 Å². The highest BCUT2D eigenvalue weighted by molar-refractivity contribution is 5.68. The summed E-state index contributed by atoms with van der Waals surface area (Å²) in [5, 5.41) is 9.17. The van der Waals surface area contributed by atoms with E-state index in [2.05, 4.69) is 43.3 Å². The van der Waals surface area contributed by atoms with Gasteiger partial charge in [0, 0.05) is 5.41 Å². The molecule has 3 nitrogen and oxygen atoms in total. The Balaban J connectivity index is 1.89. The standard InChI is InChI=1S/C25H32O3/c1-4-24(3,18-23(26)27)28-22-14-12-21(13-15-22)25(16-6-5-7-17-25)20-10-8-19(2)9-11-20/h8-15H,4-7,16-18H2,1-3H3,(H,26,27). The first kappa shape index (κ1) is 20.4. The average Bonchev–Trinajstić information content (AvgIpc) is 2.69. The van der Waals surface area contributed by atoms with Gasteiger partial charge in [-0.2, -0.15) is 0 Å². The minimum atomic E-state index is -0.832. The Labute approximate surface area is 168 Å². The fourth-order valence-electron chi connectivity index (χ4n) is 4.45. The van der Waals surface area contributed by atoms with E-state index in [0.29, 0.717) is 6.42 Å². The van der Waals surface area contributed by atoms with Crippen LogP contribution in [-0.4, -0.2) is 16.7 Å². The molecule has 3 heteroatoms. The molecular weight excluding hydrogens is 348 g/mol. The van der Waals surface area contributed by atoms with Crippen molar-refractivity contribution in [1.29, 1.82) is 0 Å². The molecule has 28 heavy (non-hydrogen) atoms. The van der Waals surface area contributed by atoms with Gasteiger partial charge >= 0.3 is 5.97 Å². The first-order valence-electron chi connectivity index (χ1n) is 10.5. The van der Waals surface area contributed by atoms with Crippen LogP contribution in [0.15, 0.2) is 48.5 Å². The lowest BCUT2D eigenvalue weighted by atomic mass is 9.65. The Morgan fingerprint density at radius 2 is 1.54 bits per heavy atom. The highest BCUT2D eigenvalue weighted by Crippen LogP contribution is 2.45. The minimum Gasteiger partial charge on any atom is -0.487 e. The lowest BCUT2D eigenvalue weighted by Crippen LogP contribution is -2.34. The summed E-state index contributed by atoms with van der Waals surface area (Å²) in [7, 11) is 0. The smallest absolute Gasteiger partial charge is 0.307 e. The maximum absolute atomic E-state index is 11.2. The molecule has 0 amide bonds. The molecular formula is C25H32O3. The fourth-order valence-corrected chi connectivity index (χ4v) is 4.45. The van der Waals surface area contributed by atoms with Crippen LogP contribution in [-0.2, 0) is 10.2 Å². The number of ether oxygens (including phenoxy) is 1. The molecule has 0 aromatic heterocycles. The second kappa shape index (κ2) is 8.38. The zero-order valence-corrected chi connectivity index (χ0v) is 17.3. The monoisotopic (exact) mass is 380 g/mol. The summed E-state index contributed by atoms with van der Waals surface area (Å²) in [6.07, 6.45) is 6.78. The van der Waals surface area contributed by atoms with Gasteiger partial charge in [0.05, 0.1) is 6.42 Å². The van der Waals surface area contributed by atoms with Gasteiger partial charge in [-0.25, -0.2) is 0 Å². The number of rotatable bonds is 7. The first-order chi connectivity index (χ1) is 13.4. The quantitative estimate of drug-likeness (QED) is 0.616. The van der Waals surface area contributed by atoms with Crippen LogP contribution in [0.4, 0.5) is 0 Å². The van der Waals surface area contributed by atoms with Gasteiger partial charge in [-0.3, -0.25) is 4.79 Å². The molecule has 1 saturated carbocycles. The molecule has 0 radical (unpaired) electrons. The third-order valence-corrected chi connectivity index (χ3v) is 6.36. The van der Waals surface area contributed by atoms with Gasteiger partial charge in [-0.1, -0.05) is 68.1 Å². The minimum absolute atomic E-state index is 0.00143. The van der Waals surface area contributed by atoms with Gasteiger partial charge < -0.3 is 9.84 Å². The maximum atomic E-state index is 11.2. The molecule has 150 valence electrons. The second-order valence-corrected chi connectivity index (χ2v) is 8.51. The van der Waals surface area contributed by atoms with Crippen LogP contribution in [0.2, 0.25) is 0 Å². The van der Waals surface area contributed by atoms with Crippen molar-refractivity contribution in [2.24, 2.45) is 0 Å².